The number of amides is 3. The zero-order valence-electron chi connectivity index (χ0n) is 17.4. The van der Waals surface area contributed by atoms with Crippen LogP contribution in [0.25, 0.3) is 0 Å². The van der Waals surface area contributed by atoms with Crippen molar-refractivity contribution in [3.63, 3.8) is 0 Å². The predicted octanol–water partition coefficient (Wildman–Crippen LogP) is 2.93. The topological polar surface area (TPSA) is 60.9 Å². The van der Waals surface area contributed by atoms with Crippen LogP contribution in [0, 0.1) is 5.92 Å². The Morgan fingerprint density at radius 1 is 1.19 bits per heavy atom. The average Bonchev–Trinajstić information content (AvgIpc) is 2.74. The van der Waals surface area contributed by atoms with Crippen LogP contribution in [0.15, 0.2) is 24.3 Å². The zero-order chi connectivity index (χ0) is 22.9. The zero-order valence-corrected chi connectivity index (χ0v) is 17.4. The van der Waals surface area contributed by atoms with E-state index in [9.17, 15) is 31.9 Å². The Labute approximate surface area is 177 Å². The Morgan fingerprint density at radius 3 is 2.39 bits per heavy atom. The number of nitrogens with zero attached hydrogens (tertiary/aromatic N) is 3. The minimum atomic E-state index is -4.52. The number of piperazine rings is 1. The molecule has 2 fully saturated rings. The van der Waals surface area contributed by atoms with E-state index in [1.165, 1.54) is 9.80 Å². The highest BCUT2D eigenvalue weighted by Gasteiger charge is 2.49. The van der Waals surface area contributed by atoms with Gasteiger partial charge in [0.2, 0.25) is 11.8 Å². The minimum Gasteiger partial charge on any atom is -0.337 e. The van der Waals surface area contributed by atoms with Crippen LogP contribution in [0.1, 0.15) is 42.6 Å². The molecule has 0 saturated carbocycles. The molecule has 1 aromatic carbocycles. The predicted molar refractivity (Wildman–Crippen MR) is 104 cm³/mol. The standard InChI is InChI=1S/C21H25F4N3O3/c1-3-13(2)11-26-12-17-27(9-8-18(29)28(17)16(10-22)20(26)31)19(30)14-4-6-15(7-5-14)21(23,24)25/h4-7,13,16-17H,3,8-12H2,1-2H3. The van der Waals surface area contributed by atoms with E-state index in [0.29, 0.717) is 6.54 Å². The van der Waals surface area contributed by atoms with Gasteiger partial charge < -0.3 is 14.7 Å². The highest BCUT2D eigenvalue weighted by molar-refractivity contribution is 5.97. The molecule has 3 unspecified atom stereocenters. The molecule has 170 valence electrons. The van der Waals surface area contributed by atoms with Crippen LogP contribution in [-0.2, 0) is 15.8 Å². The van der Waals surface area contributed by atoms with Crippen molar-refractivity contribution >= 4 is 17.7 Å². The molecule has 2 aliphatic rings. The molecule has 3 amide bonds. The second-order valence-electron chi connectivity index (χ2n) is 8.03. The van der Waals surface area contributed by atoms with E-state index < -0.39 is 48.3 Å². The summed E-state index contributed by atoms with van der Waals surface area (Å²) < 4.78 is 52.3. The van der Waals surface area contributed by atoms with E-state index in [-0.39, 0.29) is 31.0 Å². The molecule has 1 aromatic rings. The first-order valence-corrected chi connectivity index (χ1v) is 10.2. The largest absolute Gasteiger partial charge is 0.416 e. The van der Waals surface area contributed by atoms with Gasteiger partial charge >= 0.3 is 6.18 Å². The number of fused-ring (bicyclic) bond motifs is 1. The van der Waals surface area contributed by atoms with Gasteiger partial charge in [0.25, 0.3) is 5.91 Å². The molecule has 0 N–H and O–H groups in total. The number of alkyl halides is 4. The smallest absolute Gasteiger partial charge is 0.337 e. The van der Waals surface area contributed by atoms with Gasteiger partial charge in [0, 0.05) is 25.1 Å². The summed E-state index contributed by atoms with van der Waals surface area (Å²) in [6.07, 6.45) is -4.67. The summed E-state index contributed by atoms with van der Waals surface area (Å²) in [4.78, 5) is 42.3. The van der Waals surface area contributed by atoms with E-state index in [4.69, 9.17) is 0 Å². The fourth-order valence-corrected chi connectivity index (χ4v) is 4.01. The van der Waals surface area contributed by atoms with Gasteiger partial charge in [-0.15, -0.1) is 0 Å². The van der Waals surface area contributed by atoms with Crippen LogP contribution >= 0.6 is 0 Å². The van der Waals surface area contributed by atoms with Crippen molar-refractivity contribution in [3.8, 4) is 0 Å². The lowest BCUT2D eigenvalue weighted by molar-refractivity contribution is -0.168. The third-order valence-electron chi connectivity index (χ3n) is 5.95. The Balaban J connectivity index is 1.89. The van der Waals surface area contributed by atoms with Crippen LogP contribution in [-0.4, -0.2) is 70.9 Å². The third-order valence-corrected chi connectivity index (χ3v) is 5.95. The summed E-state index contributed by atoms with van der Waals surface area (Å²) in [7, 11) is 0. The normalized spacial score (nSPS) is 23.1. The molecule has 3 atom stereocenters. The Bertz CT molecular complexity index is 843. The Hall–Kier alpha value is -2.65. The lowest BCUT2D eigenvalue weighted by atomic mass is 10.0. The molecule has 0 spiro atoms. The summed E-state index contributed by atoms with van der Waals surface area (Å²) in [5.74, 6) is -1.32. The van der Waals surface area contributed by atoms with Crippen molar-refractivity contribution in [3.05, 3.63) is 35.4 Å². The van der Waals surface area contributed by atoms with Crippen molar-refractivity contribution in [2.45, 2.75) is 45.1 Å². The molecule has 3 rings (SSSR count). The van der Waals surface area contributed by atoms with Crippen molar-refractivity contribution in [2.24, 2.45) is 5.92 Å². The maximum atomic E-state index is 13.8. The molecule has 2 saturated heterocycles. The second kappa shape index (κ2) is 8.84. The number of hydrogen-bond acceptors (Lipinski definition) is 3. The number of hydrogen-bond donors (Lipinski definition) is 0. The van der Waals surface area contributed by atoms with Crippen LogP contribution < -0.4 is 0 Å². The number of benzene rings is 1. The quantitative estimate of drug-likeness (QED) is 0.658. The molecule has 2 heterocycles. The van der Waals surface area contributed by atoms with Crippen molar-refractivity contribution in [1.29, 1.82) is 0 Å². The molecule has 6 nitrogen and oxygen atoms in total. The molecule has 31 heavy (non-hydrogen) atoms. The van der Waals surface area contributed by atoms with E-state index >= 15 is 0 Å². The molecule has 0 radical (unpaired) electrons. The fraction of sp³-hybridized carbons (Fsp3) is 0.571. The maximum absolute atomic E-state index is 13.8. The van der Waals surface area contributed by atoms with Gasteiger partial charge in [-0.25, -0.2) is 4.39 Å². The van der Waals surface area contributed by atoms with E-state index in [1.54, 1.807) is 0 Å². The molecule has 0 bridgehead atoms. The Kier molecular flexibility index (Phi) is 6.56. The first-order chi connectivity index (χ1) is 14.6. The lowest BCUT2D eigenvalue weighted by Crippen LogP contribution is -2.72. The minimum absolute atomic E-state index is 0.0319. The number of rotatable bonds is 5. The van der Waals surface area contributed by atoms with Gasteiger partial charge in [-0.2, -0.15) is 13.2 Å². The summed E-state index contributed by atoms with van der Waals surface area (Å²) >= 11 is 0. The highest BCUT2D eigenvalue weighted by Crippen LogP contribution is 2.31. The van der Waals surface area contributed by atoms with Gasteiger partial charge in [-0.05, 0) is 30.2 Å². The summed E-state index contributed by atoms with van der Waals surface area (Å²) in [5, 5.41) is 0. The van der Waals surface area contributed by atoms with Crippen molar-refractivity contribution < 1.29 is 31.9 Å². The monoisotopic (exact) mass is 443 g/mol. The third kappa shape index (κ3) is 4.52. The van der Waals surface area contributed by atoms with Gasteiger partial charge in [-0.3, -0.25) is 14.4 Å². The molecule has 0 aliphatic carbocycles. The van der Waals surface area contributed by atoms with Crippen LogP contribution in [0.4, 0.5) is 17.6 Å². The first-order valence-electron chi connectivity index (χ1n) is 10.2. The van der Waals surface area contributed by atoms with Gasteiger partial charge in [-0.1, -0.05) is 20.3 Å². The number of carbonyl (C=O) groups excluding carboxylic acids is 3. The molecular weight excluding hydrogens is 418 g/mol. The van der Waals surface area contributed by atoms with Crippen LogP contribution in [0.3, 0.4) is 0 Å². The molecule has 2 aliphatic heterocycles. The maximum Gasteiger partial charge on any atom is 0.416 e. The highest BCUT2D eigenvalue weighted by atomic mass is 19.4. The number of halogens is 4. The Morgan fingerprint density at radius 2 is 1.84 bits per heavy atom. The fourth-order valence-electron chi connectivity index (χ4n) is 4.01. The SMILES string of the molecule is CCC(C)CN1CC2N(C(=O)c3ccc(C(F)(F)F)cc3)CCC(=O)N2C(CF)C1=O. The van der Waals surface area contributed by atoms with Crippen LogP contribution in [0.2, 0.25) is 0 Å². The van der Waals surface area contributed by atoms with Crippen molar-refractivity contribution in [2.75, 3.05) is 26.3 Å². The summed E-state index contributed by atoms with van der Waals surface area (Å²) in [6.45, 7) is 3.29. The van der Waals surface area contributed by atoms with Gasteiger partial charge in [0.15, 0.2) is 0 Å². The van der Waals surface area contributed by atoms with E-state index in [2.05, 4.69) is 0 Å². The molecule has 10 heteroatoms. The number of carbonyl (C=O) groups is 3. The summed E-state index contributed by atoms with van der Waals surface area (Å²) in [6, 6.07) is 2.51. The first kappa shape index (κ1) is 23.0. The summed E-state index contributed by atoms with van der Waals surface area (Å²) in [5.41, 5.74) is -0.843. The molecular formula is C21H25F4N3O3. The van der Waals surface area contributed by atoms with E-state index in [0.717, 1.165) is 35.6 Å². The van der Waals surface area contributed by atoms with Crippen LogP contribution in [0.5, 0.6) is 0 Å². The second-order valence-corrected chi connectivity index (χ2v) is 8.03. The average molecular weight is 443 g/mol. The molecule has 0 aromatic heterocycles. The lowest BCUT2D eigenvalue weighted by Gasteiger charge is -2.52. The van der Waals surface area contributed by atoms with Gasteiger partial charge in [0.05, 0.1) is 12.1 Å². The van der Waals surface area contributed by atoms with Crippen molar-refractivity contribution in [1.82, 2.24) is 14.7 Å². The van der Waals surface area contributed by atoms with E-state index in [1.807, 2.05) is 13.8 Å². The van der Waals surface area contributed by atoms with Gasteiger partial charge in [0.1, 0.15) is 18.9 Å².